The highest BCUT2D eigenvalue weighted by Crippen LogP contribution is 2.37. The van der Waals surface area contributed by atoms with Gasteiger partial charge in [0, 0.05) is 16.5 Å². The molecule has 21 heavy (non-hydrogen) atoms. The Hall–Kier alpha value is -2.20. The van der Waals surface area contributed by atoms with Crippen LogP contribution < -0.4 is 0 Å². The first kappa shape index (κ1) is 13.8. The number of esters is 1. The maximum absolute atomic E-state index is 11.8. The molecule has 0 amide bonds. The summed E-state index contributed by atoms with van der Waals surface area (Å²) >= 11 is 1.65. The highest BCUT2D eigenvalue weighted by molar-refractivity contribution is 7.22. The predicted molar refractivity (Wildman–Crippen MR) is 85.7 cm³/mol. The van der Waals surface area contributed by atoms with Crippen LogP contribution in [0.25, 0.3) is 20.7 Å². The lowest BCUT2D eigenvalue weighted by Crippen LogP contribution is -2.04. The average molecular weight is 297 g/mol. The van der Waals surface area contributed by atoms with Crippen molar-refractivity contribution in [1.29, 1.82) is 0 Å². The van der Waals surface area contributed by atoms with Crippen molar-refractivity contribution in [2.45, 2.75) is 13.8 Å². The Bertz CT molecular complexity index is 793. The van der Waals surface area contributed by atoms with E-state index in [0.717, 1.165) is 15.8 Å². The Morgan fingerprint density at radius 1 is 1.29 bits per heavy atom. The number of rotatable bonds is 3. The van der Waals surface area contributed by atoms with Crippen LogP contribution in [0.1, 0.15) is 22.8 Å². The van der Waals surface area contributed by atoms with Gasteiger partial charge >= 0.3 is 5.97 Å². The fourth-order valence-electron chi connectivity index (χ4n) is 2.29. The first-order chi connectivity index (χ1) is 10.2. The van der Waals surface area contributed by atoms with Crippen LogP contribution in [-0.4, -0.2) is 17.6 Å². The van der Waals surface area contributed by atoms with Gasteiger partial charge in [0.1, 0.15) is 4.83 Å². The van der Waals surface area contributed by atoms with Crippen LogP contribution in [0, 0.1) is 6.92 Å². The van der Waals surface area contributed by atoms with Crippen LogP contribution in [0.3, 0.4) is 0 Å². The molecular weight excluding hydrogens is 282 g/mol. The van der Waals surface area contributed by atoms with Gasteiger partial charge in [-0.05, 0) is 31.0 Å². The number of thiophene rings is 1. The van der Waals surface area contributed by atoms with E-state index in [1.165, 1.54) is 10.4 Å². The van der Waals surface area contributed by atoms with Crippen LogP contribution >= 0.6 is 11.3 Å². The standard InChI is InChI=1S/C17H15NO2S/c1-3-20-17(19)13-9-14-11(2)15(21-16(14)18-10-13)12-7-5-4-6-8-12/h4-10H,3H2,1-2H3. The van der Waals surface area contributed by atoms with Crippen molar-refractivity contribution in [3.63, 3.8) is 0 Å². The summed E-state index contributed by atoms with van der Waals surface area (Å²) in [4.78, 5) is 18.4. The first-order valence-corrected chi connectivity index (χ1v) is 7.64. The largest absolute Gasteiger partial charge is 0.462 e. The number of aryl methyl sites for hydroxylation is 1. The Morgan fingerprint density at radius 2 is 2.05 bits per heavy atom. The van der Waals surface area contributed by atoms with Crippen LogP contribution in [0.4, 0.5) is 0 Å². The van der Waals surface area contributed by atoms with E-state index >= 15 is 0 Å². The van der Waals surface area contributed by atoms with E-state index in [2.05, 4.69) is 24.0 Å². The van der Waals surface area contributed by atoms with Crippen molar-refractivity contribution >= 4 is 27.5 Å². The zero-order chi connectivity index (χ0) is 14.8. The quantitative estimate of drug-likeness (QED) is 0.670. The number of aromatic nitrogens is 1. The molecule has 2 aromatic heterocycles. The summed E-state index contributed by atoms with van der Waals surface area (Å²) in [5, 5.41) is 1.02. The zero-order valence-corrected chi connectivity index (χ0v) is 12.7. The number of benzene rings is 1. The van der Waals surface area contributed by atoms with Crippen molar-refractivity contribution in [3.05, 3.63) is 53.7 Å². The smallest absolute Gasteiger partial charge is 0.339 e. The summed E-state index contributed by atoms with van der Waals surface area (Å²) in [5.74, 6) is -0.321. The molecule has 0 saturated heterocycles. The molecule has 0 unspecified atom stereocenters. The fraction of sp³-hybridized carbons (Fsp3) is 0.176. The monoisotopic (exact) mass is 297 g/mol. The second kappa shape index (κ2) is 5.66. The molecule has 0 N–H and O–H groups in total. The third kappa shape index (κ3) is 2.54. The summed E-state index contributed by atoms with van der Waals surface area (Å²) in [6.07, 6.45) is 1.59. The van der Waals surface area contributed by atoms with Gasteiger partial charge in [-0.1, -0.05) is 30.3 Å². The van der Waals surface area contributed by atoms with E-state index in [4.69, 9.17) is 4.74 Å². The van der Waals surface area contributed by atoms with Crippen molar-refractivity contribution in [1.82, 2.24) is 4.98 Å². The molecule has 0 aliphatic heterocycles. The number of hydrogen-bond acceptors (Lipinski definition) is 4. The predicted octanol–water partition coefficient (Wildman–Crippen LogP) is 4.45. The molecule has 106 valence electrons. The number of nitrogens with zero attached hydrogens (tertiary/aromatic N) is 1. The molecule has 0 spiro atoms. The summed E-state index contributed by atoms with van der Waals surface area (Å²) in [6.45, 7) is 4.24. The second-order valence-electron chi connectivity index (χ2n) is 4.72. The number of pyridine rings is 1. The zero-order valence-electron chi connectivity index (χ0n) is 11.9. The van der Waals surface area contributed by atoms with Crippen LogP contribution in [-0.2, 0) is 4.74 Å². The minimum Gasteiger partial charge on any atom is -0.462 e. The minimum absolute atomic E-state index is 0.321. The third-order valence-corrected chi connectivity index (χ3v) is 4.61. The van der Waals surface area contributed by atoms with Crippen molar-refractivity contribution < 1.29 is 9.53 Å². The fourth-order valence-corrected chi connectivity index (χ4v) is 3.43. The maximum atomic E-state index is 11.8. The van der Waals surface area contributed by atoms with E-state index in [9.17, 15) is 4.79 Å². The molecule has 0 fully saturated rings. The minimum atomic E-state index is -0.321. The molecule has 0 bridgehead atoms. The van der Waals surface area contributed by atoms with E-state index < -0.39 is 0 Å². The van der Waals surface area contributed by atoms with Gasteiger partial charge in [-0.25, -0.2) is 9.78 Å². The molecule has 0 radical (unpaired) electrons. The molecule has 0 aliphatic rings. The van der Waals surface area contributed by atoms with E-state index in [0.29, 0.717) is 12.2 Å². The van der Waals surface area contributed by atoms with Gasteiger partial charge in [0.25, 0.3) is 0 Å². The number of hydrogen-bond donors (Lipinski definition) is 0. The average Bonchev–Trinajstić information content (AvgIpc) is 2.85. The number of ether oxygens (including phenoxy) is 1. The summed E-state index contributed by atoms with van der Waals surface area (Å²) in [6, 6.07) is 12.1. The normalized spacial score (nSPS) is 10.8. The highest BCUT2D eigenvalue weighted by Gasteiger charge is 2.14. The molecule has 4 heteroatoms. The highest BCUT2D eigenvalue weighted by atomic mass is 32.1. The van der Waals surface area contributed by atoms with Crippen molar-refractivity contribution in [2.24, 2.45) is 0 Å². The maximum Gasteiger partial charge on any atom is 0.339 e. The van der Waals surface area contributed by atoms with Gasteiger partial charge in [0.05, 0.1) is 12.2 Å². The SMILES string of the molecule is CCOC(=O)c1cnc2sc(-c3ccccc3)c(C)c2c1. The molecule has 3 rings (SSSR count). The van der Waals surface area contributed by atoms with Gasteiger partial charge in [-0.3, -0.25) is 0 Å². The van der Waals surface area contributed by atoms with Crippen LogP contribution in [0.5, 0.6) is 0 Å². The molecule has 2 heterocycles. The van der Waals surface area contributed by atoms with Crippen molar-refractivity contribution in [3.8, 4) is 10.4 Å². The lowest BCUT2D eigenvalue weighted by molar-refractivity contribution is 0.0526. The lowest BCUT2D eigenvalue weighted by atomic mass is 10.1. The number of fused-ring (bicyclic) bond motifs is 1. The Morgan fingerprint density at radius 3 is 2.76 bits per heavy atom. The van der Waals surface area contributed by atoms with Gasteiger partial charge < -0.3 is 4.74 Å². The number of carbonyl (C=O) groups excluding carboxylic acids is 1. The summed E-state index contributed by atoms with van der Waals surface area (Å²) < 4.78 is 5.03. The van der Waals surface area contributed by atoms with Gasteiger partial charge in [0.15, 0.2) is 0 Å². The summed E-state index contributed by atoms with van der Waals surface area (Å²) in [7, 11) is 0. The van der Waals surface area contributed by atoms with Crippen LogP contribution in [0.15, 0.2) is 42.6 Å². The lowest BCUT2D eigenvalue weighted by Gasteiger charge is -2.01. The molecule has 1 aromatic carbocycles. The first-order valence-electron chi connectivity index (χ1n) is 6.82. The Kier molecular flexibility index (Phi) is 3.71. The Labute approximate surface area is 127 Å². The van der Waals surface area contributed by atoms with Crippen LogP contribution in [0.2, 0.25) is 0 Å². The van der Waals surface area contributed by atoms with Gasteiger partial charge in [-0.2, -0.15) is 0 Å². The van der Waals surface area contributed by atoms with Crippen molar-refractivity contribution in [2.75, 3.05) is 6.61 Å². The summed E-state index contributed by atoms with van der Waals surface area (Å²) in [5.41, 5.74) is 2.83. The molecule has 0 saturated carbocycles. The molecule has 0 aliphatic carbocycles. The topological polar surface area (TPSA) is 39.2 Å². The molecular formula is C17H15NO2S. The second-order valence-corrected chi connectivity index (χ2v) is 5.72. The molecule has 3 aromatic rings. The van der Waals surface area contributed by atoms with Gasteiger partial charge in [-0.15, -0.1) is 11.3 Å². The number of carbonyl (C=O) groups is 1. The molecule has 0 atom stereocenters. The van der Waals surface area contributed by atoms with Gasteiger partial charge in [0.2, 0.25) is 0 Å². The van der Waals surface area contributed by atoms with E-state index in [1.54, 1.807) is 24.5 Å². The van der Waals surface area contributed by atoms with E-state index in [1.807, 2.05) is 24.3 Å². The Balaban J connectivity index is 2.11. The third-order valence-electron chi connectivity index (χ3n) is 3.34. The van der Waals surface area contributed by atoms with E-state index in [-0.39, 0.29) is 5.97 Å². The molecule has 3 nitrogen and oxygen atoms in total.